The second kappa shape index (κ2) is 5.87. The number of carbonyl (C=O) groups is 1. The van der Waals surface area contributed by atoms with Crippen LogP contribution >= 0.6 is 0 Å². The molecule has 0 aromatic heterocycles. The van der Waals surface area contributed by atoms with Crippen molar-refractivity contribution in [1.82, 2.24) is 0 Å². The fourth-order valence-electron chi connectivity index (χ4n) is 3.14. The normalized spacial score (nSPS) is 27.3. The number of carboxylic acid groups (broad SMARTS) is 1. The van der Waals surface area contributed by atoms with E-state index in [2.05, 4.69) is 20.4 Å². The highest BCUT2D eigenvalue weighted by Crippen LogP contribution is 2.56. The van der Waals surface area contributed by atoms with Crippen molar-refractivity contribution in [3.8, 4) is 0 Å². The van der Waals surface area contributed by atoms with Crippen LogP contribution in [0.1, 0.15) is 52.9 Å². The fourth-order valence-corrected chi connectivity index (χ4v) is 3.14. The Kier molecular flexibility index (Phi) is 4.97. The lowest BCUT2D eigenvalue weighted by Gasteiger charge is -2.53. The van der Waals surface area contributed by atoms with Crippen LogP contribution in [0.5, 0.6) is 0 Å². The predicted octanol–water partition coefficient (Wildman–Crippen LogP) is 3.23. The minimum absolute atomic E-state index is 0.179. The van der Waals surface area contributed by atoms with Crippen LogP contribution in [0.25, 0.3) is 0 Å². The van der Waals surface area contributed by atoms with Crippen LogP contribution in [-0.4, -0.2) is 22.3 Å². The van der Waals surface area contributed by atoms with Crippen molar-refractivity contribution in [3.63, 3.8) is 0 Å². The average molecular weight is 254 g/mol. The van der Waals surface area contributed by atoms with E-state index in [4.69, 9.17) is 5.11 Å². The summed E-state index contributed by atoms with van der Waals surface area (Å²) in [6, 6.07) is 0. The molecule has 0 heterocycles. The van der Waals surface area contributed by atoms with Crippen LogP contribution in [0.4, 0.5) is 0 Å². The molecule has 0 spiro atoms. The molecule has 0 saturated heterocycles. The van der Waals surface area contributed by atoms with Crippen LogP contribution in [0, 0.1) is 17.3 Å². The van der Waals surface area contributed by atoms with E-state index in [0.29, 0.717) is 23.7 Å². The summed E-state index contributed by atoms with van der Waals surface area (Å²) in [7, 11) is 0. The molecular formula is C15H26O3. The summed E-state index contributed by atoms with van der Waals surface area (Å²) in [6.45, 7) is 10.4. The molecule has 1 aliphatic rings. The Bertz CT molecular complexity index is 318. The summed E-state index contributed by atoms with van der Waals surface area (Å²) in [5.74, 6) is 0.224. The van der Waals surface area contributed by atoms with Gasteiger partial charge in [0.15, 0.2) is 0 Å². The molecule has 0 aromatic rings. The number of aliphatic hydroxyl groups excluding tert-OH is 1. The van der Waals surface area contributed by atoms with Crippen LogP contribution in [0.3, 0.4) is 0 Å². The fraction of sp³-hybridized carbons (Fsp3) is 0.800. The summed E-state index contributed by atoms with van der Waals surface area (Å²) in [4.78, 5) is 10.6. The molecule has 1 aliphatic carbocycles. The van der Waals surface area contributed by atoms with Gasteiger partial charge in [0.25, 0.3) is 0 Å². The highest BCUT2D eigenvalue weighted by atomic mass is 16.4. The number of rotatable bonds is 7. The smallest absolute Gasteiger partial charge is 0.303 e. The third kappa shape index (κ3) is 3.84. The molecule has 1 unspecified atom stereocenters. The quantitative estimate of drug-likeness (QED) is 0.686. The summed E-state index contributed by atoms with van der Waals surface area (Å²) >= 11 is 0. The van der Waals surface area contributed by atoms with Gasteiger partial charge in [-0.15, -0.1) is 0 Å². The lowest BCUT2D eigenvalue weighted by atomic mass is 9.52. The molecule has 3 atom stereocenters. The Hall–Kier alpha value is -0.830. The highest BCUT2D eigenvalue weighted by Gasteiger charge is 2.47. The van der Waals surface area contributed by atoms with Gasteiger partial charge in [-0.3, -0.25) is 4.79 Å². The predicted molar refractivity (Wildman–Crippen MR) is 72.3 cm³/mol. The van der Waals surface area contributed by atoms with Crippen LogP contribution < -0.4 is 0 Å². The van der Waals surface area contributed by atoms with Gasteiger partial charge in [0.1, 0.15) is 0 Å². The van der Waals surface area contributed by atoms with Gasteiger partial charge in [0.05, 0.1) is 6.10 Å². The minimum Gasteiger partial charge on any atom is -0.481 e. The molecule has 2 N–H and O–H groups in total. The Balaban J connectivity index is 2.50. The standard InChI is InChI=1S/C15H26O3/c1-10(5-8-14(17)18)12-9-15(3,4)13(12)7-6-11(2)16/h11-13,16H,1,5-9H2,2-4H3,(H,17,18)/t11?,12-,13-/m1/s1. The van der Waals surface area contributed by atoms with E-state index >= 15 is 0 Å². The van der Waals surface area contributed by atoms with Crippen LogP contribution in [0.15, 0.2) is 12.2 Å². The molecule has 3 nitrogen and oxygen atoms in total. The molecule has 0 aliphatic heterocycles. The van der Waals surface area contributed by atoms with E-state index < -0.39 is 5.97 Å². The van der Waals surface area contributed by atoms with Gasteiger partial charge >= 0.3 is 5.97 Å². The van der Waals surface area contributed by atoms with Gasteiger partial charge in [0.2, 0.25) is 0 Å². The summed E-state index contributed by atoms with van der Waals surface area (Å²) < 4.78 is 0. The molecule has 0 bridgehead atoms. The summed E-state index contributed by atoms with van der Waals surface area (Å²) in [6.07, 6.45) is 3.42. The lowest BCUT2D eigenvalue weighted by molar-refractivity contribution is -0.137. The molecule has 18 heavy (non-hydrogen) atoms. The second-order valence-corrected chi connectivity index (χ2v) is 6.38. The van der Waals surface area contributed by atoms with Crippen molar-refractivity contribution in [2.24, 2.45) is 17.3 Å². The zero-order valence-corrected chi connectivity index (χ0v) is 11.8. The van der Waals surface area contributed by atoms with E-state index in [1.807, 2.05) is 6.92 Å². The van der Waals surface area contributed by atoms with Crippen molar-refractivity contribution in [2.75, 3.05) is 0 Å². The number of aliphatic hydroxyl groups is 1. The third-order valence-corrected chi connectivity index (χ3v) is 4.32. The largest absolute Gasteiger partial charge is 0.481 e. The molecule has 0 radical (unpaired) electrons. The molecule has 0 amide bonds. The first-order valence-electron chi connectivity index (χ1n) is 6.81. The monoisotopic (exact) mass is 254 g/mol. The maximum absolute atomic E-state index is 10.6. The Morgan fingerprint density at radius 2 is 2.06 bits per heavy atom. The lowest BCUT2D eigenvalue weighted by Crippen LogP contribution is -2.45. The van der Waals surface area contributed by atoms with Gasteiger partial charge in [-0.1, -0.05) is 26.0 Å². The SMILES string of the molecule is C=C(CCC(=O)O)[C@H]1CC(C)(C)[C@@H]1CCC(C)O. The van der Waals surface area contributed by atoms with Crippen LogP contribution in [0.2, 0.25) is 0 Å². The summed E-state index contributed by atoms with van der Waals surface area (Å²) in [5, 5.41) is 18.1. The zero-order chi connectivity index (χ0) is 13.9. The van der Waals surface area contributed by atoms with Gasteiger partial charge < -0.3 is 10.2 Å². The number of hydrogen-bond acceptors (Lipinski definition) is 2. The number of aliphatic carboxylic acids is 1. The molecule has 3 heteroatoms. The van der Waals surface area contributed by atoms with Crippen molar-refractivity contribution >= 4 is 5.97 Å². The van der Waals surface area contributed by atoms with E-state index in [0.717, 1.165) is 24.8 Å². The Labute approximate surface area is 110 Å². The molecule has 1 fully saturated rings. The maximum Gasteiger partial charge on any atom is 0.303 e. The second-order valence-electron chi connectivity index (χ2n) is 6.38. The van der Waals surface area contributed by atoms with Gasteiger partial charge in [-0.25, -0.2) is 0 Å². The highest BCUT2D eigenvalue weighted by molar-refractivity contribution is 5.67. The van der Waals surface area contributed by atoms with Crippen molar-refractivity contribution in [2.45, 2.75) is 59.0 Å². The molecule has 104 valence electrons. The van der Waals surface area contributed by atoms with Crippen molar-refractivity contribution in [1.29, 1.82) is 0 Å². The van der Waals surface area contributed by atoms with E-state index in [9.17, 15) is 9.90 Å². The van der Waals surface area contributed by atoms with E-state index in [-0.39, 0.29) is 12.5 Å². The van der Waals surface area contributed by atoms with E-state index in [1.165, 1.54) is 0 Å². The number of allylic oxidation sites excluding steroid dienone is 1. The maximum atomic E-state index is 10.6. The van der Waals surface area contributed by atoms with Gasteiger partial charge in [-0.05, 0) is 49.9 Å². The number of hydrogen-bond donors (Lipinski definition) is 2. The Morgan fingerprint density at radius 1 is 1.44 bits per heavy atom. The third-order valence-electron chi connectivity index (χ3n) is 4.32. The van der Waals surface area contributed by atoms with E-state index in [1.54, 1.807) is 0 Å². The molecule has 1 saturated carbocycles. The zero-order valence-electron chi connectivity index (χ0n) is 11.8. The van der Waals surface area contributed by atoms with Gasteiger partial charge in [0, 0.05) is 6.42 Å². The molecule has 1 rings (SSSR count). The first kappa shape index (κ1) is 15.2. The van der Waals surface area contributed by atoms with Crippen molar-refractivity contribution < 1.29 is 15.0 Å². The minimum atomic E-state index is -0.754. The van der Waals surface area contributed by atoms with Crippen LogP contribution in [-0.2, 0) is 4.79 Å². The average Bonchev–Trinajstić information content (AvgIpc) is 2.22. The molecule has 0 aromatic carbocycles. The van der Waals surface area contributed by atoms with Crippen molar-refractivity contribution in [3.05, 3.63) is 12.2 Å². The molecular weight excluding hydrogens is 228 g/mol. The Morgan fingerprint density at radius 3 is 2.50 bits per heavy atom. The summed E-state index contributed by atoms with van der Waals surface area (Å²) in [5.41, 5.74) is 1.37. The first-order valence-corrected chi connectivity index (χ1v) is 6.81. The number of carboxylic acids is 1. The first-order chi connectivity index (χ1) is 8.24. The topological polar surface area (TPSA) is 57.5 Å². The van der Waals surface area contributed by atoms with Gasteiger partial charge in [-0.2, -0.15) is 0 Å².